The maximum Gasteiger partial charge on any atom is 0.129 e. The van der Waals surface area contributed by atoms with Crippen molar-refractivity contribution in [3.63, 3.8) is 0 Å². The molecule has 0 amide bonds. The van der Waals surface area contributed by atoms with Crippen LogP contribution in [0.1, 0.15) is 36.9 Å². The van der Waals surface area contributed by atoms with Crippen molar-refractivity contribution in [3.05, 3.63) is 35.4 Å². The van der Waals surface area contributed by atoms with Crippen LogP contribution in [0.15, 0.2) is 24.3 Å². The summed E-state index contributed by atoms with van der Waals surface area (Å²) in [4.78, 5) is 13.2. The highest BCUT2D eigenvalue weighted by molar-refractivity contribution is 5.75. The van der Waals surface area contributed by atoms with Crippen LogP contribution in [-0.2, 0) is 4.79 Å². The average molecular weight is 219 g/mol. The summed E-state index contributed by atoms with van der Waals surface area (Å²) in [7, 11) is 4.13. The number of hydrogen-bond acceptors (Lipinski definition) is 2. The Kier molecular flexibility index (Phi) is 4.69. The number of Topliss-reactive ketones (excluding diaryl/α,β-unsaturated/α-hetero) is 1. The molecule has 0 aromatic heterocycles. The first-order chi connectivity index (χ1) is 7.50. The number of rotatable bonds is 5. The van der Waals surface area contributed by atoms with Crippen molar-refractivity contribution in [2.75, 3.05) is 14.1 Å². The molecule has 0 aliphatic rings. The lowest BCUT2D eigenvalue weighted by molar-refractivity contribution is -0.117. The molecule has 0 saturated heterocycles. The number of nitrogens with zero attached hydrogens (tertiary/aromatic N) is 1. The zero-order valence-electron chi connectivity index (χ0n) is 10.7. The van der Waals surface area contributed by atoms with Crippen LogP contribution >= 0.6 is 0 Å². The molecule has 0 spiro atoms. The molecule has 0 N–H and O–H groups in total. The lowest BCUT2D eigenvalue weighted by Gasteiger charge is -2.24. The van der Waals surface area contributed by atoms with Gasteiger partial charge in [0.05, 0.1) is 0 Å². The first kappa shape index (κ1) is 12.9. The molecule has 1 atom stereocenters. The van der Waals surface area contributed by atoms with Crippen LogP contribution in [0.25, 0.3) is 0 Å². The normalized spacial score (nSPS) is 12.8. The van der Waals surface area contributed by atoms with Crippen molar-refractivity contribution in [2.45, 2.75) is 32.7 Å². The molecule has 0 saturated carbocycles. The van der Waals surface area contributed by atoms with E-state index in [1.165, 1.54) is 11.1 Å². The highest BCUT2D eigenvalue weighted by atomic mass is 16.1. The molecule has 0 aliphatic carbocycles. The van der Waals surface area contributed by atoms with Gasteiger partial charge in [-0.3, -0.25) is 0 Å². The van der Waals surface area contributed by atoms with Crippen LogP contribution in [0, 0.1) is 6.92 Å². The van der Waals surface area contributed by atoms with E-state index < -0.39 is 0 Å². The summed E-state index contributed by atoms with van der Waals surface area (Å²) in [6.07, 6.45) is 1.54. The second kappa shape index (κ2) is 5.80. The van der Waals surface area contributed by atoms with Crippen molar-refractivity contribution < 1.29 is 4.79 Å². The van der Waals surface area contributed by atoms with Crippen LogP contribution in [0.4, 0.5) is 0 Å². The highest BCUT2D eigenvalue weighted by Gasteiger charge is 2.14. The second-order valence-electron chi connectivity index (χ2n) is 4.63. The number of carbonyl (C=O) groups is 1. The second-order valence-corrected chi connectivity index (χ2v) is 4.63. The summed E-state index contributed by atoms with van der Waals surface area (Å²) in [6.45, 7) is 3.75. The minimum atomic E-state index is 0.263. The van der Waals surface area contributed by atoms with Gasteiger partial charge in [0.1, 0.15) is 5.78 Å². The Morgan fingerprint density at radius 3 is 2.56 bits per heavy atom. The minimum absolute atomic E-state index is 0.263. The first-order valence-corrected chi connectivity index (χ1v) is 5.73. The third kappa shape index (κ3) is 3.78. The largest absolute Gasteiger partial charge is 0.302 e. The van der Waals surface area contributed by atoms with Gasteiger partial charge in [0.15, 0.2) is 0 Å². The van der Waals surface area contributed by atoms with E-state index in [-0.39, 0.29) is 5.78 Å². The van der Waals surface area contributed by atoms with Gasteiger partial charge in [-0.1, -0.05) is 29.8 Å². The molecule has 2 nitrogen and oxygen atoms in total. The maximum absolute atomic E-state index is 11.1. The zero-order valence-corrected chi connectivity index (χ0v) is 10.7. The van der Waals surface area contributed by atoms with E-state index in [1.54, 1.807) is 6.92 Å². The molecule has 88 valence electrons. The van der Waals surface area contributed by atoms with Crippen molar-refractivity contribution in [3.8, 4) is 0 Å². The Labute approximate surface area is 98.3 Å². The summed E-state index contributed by atoms with van der Waals surface area (Å²) in [6, 6.07) is 8.85. The summed E-state index contributed by atoms with van der Waals surface area (Å²) in [5.41, 5.74) is 2.57. The van der Waals surface area contributed by atoms with Crippen molar-refractivity contribution >= 4 is 5.78 Å². The van der Waals surface area contributed by atoms with Gasteiger partial charge < -0.3 is 9.69 Å². The molecular weight excluding hydrogens is 198 g/mol. The Morgan fingerprint density at radius 2 is 2.06 bits per heavy atom. The molecule has 0 aliphatic heterocycles. The summed E-state index contributed by atoms with van der Waals surface area (Å²) >= 11 is 0. The molecule has 0 heterocycles. The van der Waals surface area contributed by atoms with Crippen LogP contribution in [-0.4, -0.2) is 24.8 Å². The third-order valence-electron chi connectivity index (χ3n) is 2.82. The van der Waals surface area contributed by atoms with Gasteiger partial charge in [0.25, 0.3) is 0 Å². The van der Waals surface area contributed by atoms with Crippen LogP contribution in [0.2, 0.25) is 0 Å². The lowest BCUT2D eigenvalue weighted by atomic mass is 9.98. The van der Waals surface area contributed by atoms with Crippen molar-refractivity contribution in [2.24, 2.45) is 0 Å². The Morgan fingerprint density at radius 1 is 1.38 bits per heavy atom. The average Bonchev–Trinajstić information content (AvgIpc) is 2.17. The number of hydrogen-bond donors (Lipinski definition) is 0. The molecule has 1 aromatic carbocycles. The molecule has 0 bridgehead atoms. The molecule has 1 rings (SSSR count). The van der Waals surface area contributed by atoms with Crippen LogP contribution in [0.5, 0.6) is 0 Å². The summed E-state index contributed by atoms with van der Waals surface area (Å²) < 4.78 is 0. The molecule has 2 heteroatoms. The Hall–Kier alpha value is -1.15. The predicted molar refractivity (Wildman–Crippen MR) is 67.5 cm³/mol. The monoisotopic (exact) mass is 219 g/mol. The fourth-order valence-electron chi connectivity index (χ4n) is 1.94. The minimum Gasteiger partial charge on any atom is -0.302 e. The maximum atomic E-state index is 11.1. The third-order valence-corrected chi connectivity index (χ3v) is 2.82. The fourth-order valence-corrected chi connectivity index (χ4v) is 1.94. The van der Waals surface area contributed by atoms with Gasteiger partial charge in [-0.05, 0) is 39.9 Å². The van der Waals surface area contributed by atoms with E-state index in [0.29, 0.717) is 12.5 Å². The summed E-state index contributed by atoms with van der Waals surface area (Å²) in [5, 5.41) is 0. The quantitative estimate of drug-likeness (QED) is 0.759. The van der Waals surface area contributed by atoms with Crippen LogP contribution < -0.4 is 0 Å². The molecule has 1 aromatic rings. The van der Waals surface area contributed by atoms with E-state index in [2.05, 4.69) is 50.2 Å². The molecule has 0 fully saturated rings. The number of benzene rings is 1. The zero-order chi connectivity index (χ0) is 12.1. The van der Waals surface area contributed by atoms with Crippen molar-refractivity contribution in [1.29, 1.82) is 0 Å². The van der Waals surface area contributed by atoms with Crippen LogP contribution in [0.3, 0.4) is 0 Å². The molecule has 16 heavy (non-hydrogen) atoms. The van der Waals surface area contributed by atoms with Crippen molar-refractivity contribution in [1.82, 2.24) is 4.90 Å². The predicted octanol–water partition coefficient (Wildman–Crippen LogP) is 2.97. The smallest absolute Gasteiger partial charge is 0.129 e. The standard InChI is InChI=1S/C14H21NO/c1-11-6-5-7-13(10-11)14(15(3)4)9-8-12(2)16/h5-7,10,14H,8-9H2,1-4H3. The van der Waals surface area contributed by atoms with Gasteiger partial charge in [0, 0.05) is 12.5 Å². The van der Waals surface area contributed by atoms with Gasteiger partial charge in [0.2, 0.25) is 0 Å². The first-order valence-electron chi connectivity index (χ1n) is 5.73. The molecule has 1 unspecified atom stereocenters. The van der Waals surface area contributed by atoms with E-state index in [1.807, 2.05) is 0 Å². The Balaban J connectivity index is 2.81. The van der Waals surface area contributed by atoms with E-state index >= 15 is 0 Å². The number of ketones is 1. The SMILES string of the molecule is CC(=O)CCC(c1cccc(C)c1)N(C)C. The van der Waals surface area contributed by atoms with Gasteiger partial charge in [-0.15, -0.1) is 0 Å². The lowest BCUT2D eigenvalue weighted by Crippen LogP contribution is -2.20. The summed E-state index contributed by atoms with van der Waals surface area (Å²) in [5.74, 6) is 0.263. The van der Waals surface area contributed by atoms with E-state index in [9.17, 15) is 4.79 Å². The topological polar surface area (TPSA) is 20.3 Å². The highest BCUT2D eigenvalue weighted by Crippen LogP contribution is 2.24. The molecule has 0 radical (unpaired) electrons. The fraction of sp³-hybridized carbons (Fsp3) is 0.500. The van der Waals surface area contributed by atoms with E-state index in [0.717, 1.165) is 6.42 Å². The van der Waals surface area contributed by atoms with Gasteiger partial charge in [-0.25, -0.2) is 0 Å². The van der Waals surface area contributed by atoms with Gasteiger partial charge >= 0.3 is 0 Å². The number of aryl methyl sites for hydroxylation is 1. The Bertz CT molecular complexity index is 358. The molecular formula is C14H21NO. The van der Waals surface area contributed by atoms with Gasteiger partial charge in [-0.2, -0.15) is 0 Å². The van der Waals surface area contributed by atoms with E-state index in [4.69, 9.17) is 0 Å². The number of carbonyl (C=O) groups excluding carboxylic acids is 1.